The van der Waals surface area contributed by atoms with Gasteiger partial charge in [-0.25, -0.2) is 19.2 Å². The number of aromatic nitrogens is 2. The number of hydrogen-bond acceptors (Lipinski definition) is 6. The summed E-state index contributed by atoms with van der Waals surface area (Å²) in [5.41, 5.74) is 3.51. The first-order chi connectivity index (χ1) is 16.5. The number of nitrogens with one attached hydrogen (secondary N) is 1. The second kappa shape index (κ2) is 8.90. The number of halogens is 1. The number of rotatable bonds is 5. The largest absolute Gasteiger partial charge is 0.496 e. The third kappa shape index (κ3) is 3.94. The first-order valence-electron chi connectivity index (χ1n) is 10.7. The van der Waals surface area contributed by atoms with Crippen LogP contribution in [0.5, 0.6) is 5.75 Å². The number of nitrogens with zero attached hydrogens (tertiary/aromatic N) is 3. The van der Waals surface area contributed by atoms with Crippen molar-refractivity contribution in [1.29, 1.82) is 0 Å². The molecule has 7 nitrogen and oxygen atoms in total. The Labute approximate surface area is 195 Å². The SMILES string of the molecule is COc1cc(Nc2ncc3c(n2)C2C=CC=CC2C(c2ccccc2F)=NC3)ccc1C(=O)O. The molecule has 2 unspecified atom stereocenters. The van der Waals surface area contributed by atoms with Crippen LogP contribution < -0.4 is 10.1 Å². The van der Waals surface area contributed by atoms with E-state index in [0.29, 0.717) is 29.5 Å². The maximum absolute atomic E-state index is 14.6. The number of hydrogen-bond donors (Lipinski definition) is 2. The number of allylic oxidation sites excluding steroid dienone is 4. The molecule has 1 aliphatic heterocycles. The predicted molar refractivity (Wildman–Crippen MR) is 126 cm³/mol. The van der Waals surface area contributed by atoms with Gasteiger partial charge in [0.1, 0.15) is 17.1 Å². The Morgan fingerprint density at radius 2 is 1.94 bits per heavy atom. The number of carboxylic acid groups (broad SMARTS) is 1. The van der Waals surface area contributed by atoms with Gasteiger partial charge in [-0.2, -0.15) is 0 Å². The quantitative estimate of drug-likeness (QED) is 0.567. The van der Waals surface area contributed by atoms with Crippen molar-refractivity contribution in [3.05, 3.63) is 101 Å². The highest BCUT2D eigenvalue weighted by molar-refractivity contribution is 6.04. The number of aliphatic imine (C=N–C) groups is 1. The average molecular weight is 456 g/mol. The summed E-state index contributed by atoms with van der Waals surface area (Å²) in [7, 11) is 1.42. The minimum atomic E-state index is -1.07. The molecule has 2 aromatic carbocycles. The van der Waals surface area contributed by atoms with E-state index in [1.807, 2.05) is 30.4 Å². The molecule has 2 aliphatic rings. The standard InChI is InChI=1S/C26H21FN4O3/c1-34-22-12-16(10-11-20(22)25(32)33)30-26-29-14-15-13-28-24(19-8-4-5-9-21(19)27)18-7-3-2-6-17(18)23(15)31-26/h2-12,14,17-18H,13H2,1H3,(H,32,33)(H,29,30,31). The lowest BCUT2D eigenvalue weighted by Gasteiger charge is -2.25. The number of fused-ring (bicyclic) bond motifs is 3. The normalized spacial score (nSPS) is 18.4. The molecule has 1 aromatic heterocycles. The zero-order chi connectivity index (χ0) is 23.7. The Bertz CT molecular complexity index is 1370. The Hall–Kier alpha value is -4.33. The van der Waals surface area contributed by atoms with E-state index >= 15 is 0 Å². The highest BCUT2D eigenvalue weighted by Gasteiger charge is 2.32. The molecule has 5 rings (SSSR count). The second-order valence-corrected chi connectivity index (χ2v) is 7.95. The summed E-state index contributed by atoms with van der Waals surface area (Å²) in [4.78, 5) is 25.3. The monoisotopic (exact) mass is 456 g/mol. The van der Waals surface area contributed by atoms with Crippen LogP contribution in [0.15, 0.2) is 78.0 Å². The summed E-state index contributed by atoms with van der Waals surface area (Å²) in [6.45, 7) is 0.342. The summed E-state index contributed by atoms with van der Waals surface area (Å²) in [5.74, 6) is -1.08. The number of carbonyl (C=O) groups is 1. The van der Waals surface area contributed by atoms with Gasteiger partial charge in [-0.05, 0) is 18.2 Å². The summed E-state index contributed by atoms with van der Waals surface area (Å²) in [5, 5.41) is 12.4. The molecule has 0 saturated carbocycles. The van der Waals surface area contributed by atoms with Crippen molar-refractivity contribution in [2.45, 2.75) is 12.5 Å². The molecular formula is C26H21FN4O3. The molecular weight excluding hydrogens is 435 g/mol. The van der Waals surface area contributed by atoms with Crippen molar-refractivity contribution in [2.75, 3.05) is 12.4 Å². The Morgan fingerprint density at radius 1 is 1.15 bits per heavy atom. The minimum Gasteiger partial charge on any atom is -0.496 e. The number of benzene rings is 2. The van der Waals surface area contributed by atoms with Crippen LogP contribution in [0.25, 0.3) is 0 Å². The van der Waals surface area contributed by atoms with Crippen LogP contribution >= 0.6 is 0 Å². The fourth-order valence-corrected chi connectivity index (χ4v) is 4.30. The third-order valence-electron chi connectivity index (χ3n) is 5.92. The van der Waals surface area contributed by atoms with Crippen LogP contribution in [0, 0.1) is 11.7 Å². The molecule has 0 fully saturated rings. The van der Waals surface area contributed by atoms with E-state index in [-0.39, 0.29) is 29.0 Å². The topological polar surface area (TPSA) is 96.7 Å². The van der Waals surface area contributed by atoms with E-state index in [1.54, 1.807) is 30.5 Å². The van der Waals surface area contributed by atoms with Crippen molar-refractivity contribution in [1.82, 2.24) is 9.97 Å². The van der Waals surface area contributed by atoms with Crippen LogP contribution in [0.4, 0.5) is 16.0 Å². The van der Waals surface area contributed by atoms with Crippen LogP contribution in [0.2, 0.25) is 0 Å². The number of anilines is 2. The lowest BCUT2D eigenvalue weighted by atomic mass is 9.80. The molecule has 2 N–H and O–H groups in total. The van der Waals surface area contributed by atoms with E-state index in [0.717, 1.165) is 11.3 Å². The minimum absolute atomic E-state index is 0.0655. The fourth-order valence-electron chi connectivity index (χ4n) is 4.30. The summed E-state index contributed by atoms with van der Waals surface area (Å²) in [6.07, 6.45) is 9.70. The Kier molecular flexibility index (Phi) is 5.63. The first kappa shape index (κ1) is 21.5. The van der Waals surface area contributed by atoms with Crippen LogP contribution in [-0.4, -0.2) is 33.9 Å². The smallest absolute Gasteiger partial charge is 0.339 e. The van der Waals surface area contributed by atoms with Crippen LogP contribution in [-0.2, 0) is 6.54 Å². The number of methoxy groups -OCH3 is 1. The Morgan fingerprint density at radius 3 is 2.71 bits per heavy atom. The third-order valence-corrected chi connectivity index (χ3v) is 5.92. The fraction of sp³-hybridized carbons (Fsp3) is 0.154. The van der Waals surface area contributed by atoms with Gasteiger partial charge in [0.05, 0.1) is 25.1 Å². The molecule has 1 aliphatic carbocycles. The van der Waals surface area contributed by atoms with E-state index in [2.05, 4.69) is 10.3 Å². The second-order valence-electron chi connectivity index (χ2n) is 7.95. The first-order valence-corrected chi connectivity index (χ1v) is 10.7. The van der Waals surface area contributed by atoms with E-state index in [9.17, 15) is 14.3 Å². The van der Waals surface area contributed by atoms with Gasteiger partial charge in [-0.1, -0.05) is 42.5 Å². The lowest BCUT2D eigenvalue weighted by Crippen LogP contribution is -2.23. The number of ether oxygens (including phenoxy) is 1. The van der Waals surface area contributed by atoms with Gasteiger partial charge in [-0.15, -0.1) is 0 Å². The molecule has 0 amide bonds. The average Bonchev–Trinajstić information content (AvgIpc) is 3.01. The van der Waals surface area contributed by atoms with E-state index < -0.39 is 5.97 Å². The molecule has 2 heterocycles. The maximum Gasteiger partial charge on any atom is 0.339 e. The van der Waals surface area contributed by atoms with Gasteiger partial charge in [-0.3, -0.25) is 4.99 Å². The molecule has 0 bridgehead atoms. The van der Waals surface area contributed by atoms with E-state index in [4.69, 9.17) is 14.7 Å². The predicted octanol–water partition coefficient (Wildman–Crippen LogP) is 4.89. The van der Waals surface area contributed by atoms with Crippen LogP contribution in [0.3, 0.4) is 0 Å². The van der Waals surface area contributed by atoms with Crippen molar-refractivity contribution in [3.8, 4) is 5.75 Å². The molecule has 34 heavy (non-hydrogen) atoms. The molecule has 0 saturated heterocycles. The summed E-state index contributed by atoms with van der Waals surface area (Å²) in [6, 6.07) is 11.4. The van der Waals surface area contributed by atoms with Gasteiger partial charge in [0.2, 0.25) is 5.95 Å². The molecule has 0 spiro atoms. The maximum atomic E-state index is 14.6. The molecule has 0 radical (unpaired) electrons. The van der Waals surface area contributed by atoms with Crippen LogP contribution in [0.1, 0.15) is 33.1 Å². The zero-order valence-electron chi connectivity index (χ0n) is 18.3. The molecule has 8 heteroatoms. The van der Waals surface area contributed by atoms with Gasteiger partial charge >= 0.3 is 5.97 Å². The van der Waals surface area contributed by atoms with Crippen molar-refractivity contribution >= 4 is 23.3 Å². The van der Waals surface area contributed by atoms with Gasteiger partial charge in [0.25, 0.3) is 0 Å². The van der Waals surface area contributed by atoms with Crippen molar-refractivity contribution in [2.24, 2.45) is 10.9 Å². The zero-order valence-corrected chi connectivity index (χ0v) is 18.3. The molecule has 2 atom stereocenters. The highest BCUT2D eigenvalue weighted by Crippen LogP contribution is 2.37. The van der Waals surface area contributed by atoms with E-state index in [1.165, 1.54) is 19.2 Å². The van der Waals surface area contributed by atoms with Crippen molar-refractivity contribution < 1.29 is 19.0 Å². The number of carboxylic acids is 1. The summed E-state index contributed by atoms with van der Waals surface area (Å²) >= 11 is 0. The van der Waals surface area contributed by atoms with Gasteiger partial charge in [0.15, 0.2) is 0 Å². The molecule has 3 aromatic rings. The Balaban J connectivity index is 1.50. The molecule has 170 valence electrons. The van der Waals surface area contributed by atoms with Gasteiger partial charge in [0, 0.05) is 40.9 Å². The highest BCUT2D eigenvalue weighted by atomic mass is 19.1. The van der Waals surface area contributed by atoms with Gasteiger partial charge < -0.3 is 15.2 Å². The number of aromatic carboxylic acids is 1. The lowest BCUT2D eigenvalue weighted by molar-refractivity contribution is 0.0693. The van der Waals surface area contributed by atoms with Crippen molar-refractivity contribution in [3.63, 3.8) is 0 Å². The summed E-state index contributed by atoms with van der Waals surface area (Å²) < 4.78 is 19.8.